The number of hydrogen-bond donors (Lipinski definition) is 2. The molecule has 0 aliphatic rings. The predicted molar refractivity (Wildman–Crippen MR) is 64.0 cm³/mol. The van der Waals surface area contributed by atoms with E-state index in [9.17, 15) is 4.39 Å². The van der Waals surface area contributed by atoms with E-state index in [4.69, 9.17) is 5.11 Å². The van der Waals surface area contributed by atoms with Gasteiger partial charge in [0.1, 0.15) is 11.6 Å². The van der Waals surface area contributed by atoms with Crippen molar-refractivity contribution in [3.63, 3.8) is 0 Å². The van der Waals surface area contributed by atoms with Gasteiger partial charge in [-0.05, 0) is 26.0 Å². The number of aromatic hydroxyl groups is 1. The number of phenols is 1. The number of hydrogen-bond acceptors (Lipinski definition) is 2. The van der Waals surface area contributed by atoms with E-state index in [2.05, 4.69) is 12.2 Å². The van der Waals surface area contributed by atoms with E-state index >= 15 is 0 Å². The summed E-state index contributed by atoms with van der Waals surface area (Å²) in [5.74, 6) is -0.380. The van der Waals surface area contributed by atoms with Gasteiger partial charge >= 0.3 is 0 Å². The van der Waals surface area contributed by atoms with Gasteiger partial charge in [0.15, 0.2) is 0 Å². The van der Waals surface area contributed by atoms with Crippen LogP contribution in [0.15, 0.2) is 18.2 Å². The van der Waals surface area contributed by atoms with Crippen LogP contribution in [0.5, 0.6) is 5.75 Å². The second kappa shape index (κ2) is 6.48. The van der Waals surface area contributed by atoms with Gasteiger partial charge in [-0.15, -0.1) is 0 Å². The van der Waals surface area contributed by atoms with Crippen LogP contribution in [0.3, 0.4) is 0 Å². The highest BCUT2D eigenvalue weighted by Crippen LogP contribution is 2.20. The van der Waals surface area contributed by atoms with Crippen LogP contribution in [-0.2, 0) is 0 Å². The molecule has 1 aromatic carbocycles. The molecule has 0 fully saturated rings. The molecule has 0 bridgehead atoms. The minimum atomic E-state index is -0.351. The Hall–Kier alpha value is -1.09. The number of rotatable bonds is 6. The number of benzene rings is 1. The molecule has 1 unspecified atom stereocenters. The van der Waals surface area contributed by atoms with Crippen LogP contribution in [0, 0.1) is 5.82 Å². The van der Waals surface area contributed by atoms with E-state index in [1.165, 1.54) is 18.9 Å². The van der Waals surface area contributed by atoms with Gasteiger partial charge in [0.2, 0.25) is 0 Å². The van der Waals surface area contributed by atoms with E-state index in [-0.39, 0.29) is 17.6 Å². The van der Waals surface area contributed by atoms with Crippen LogP contribution in [0.2, 0.25) is 0 Å². The van der Waals surface area contributed by atoms with Gasteiger partial charge < -0.3 is 10.4 Å². The first-order valence-electron chi connectivity index (χ1n) is 5.87. The molecule has 90 valence electrons. The SMILES string of the molecule is CCCCCNC(C)c1ccc(O)cc1F. The Bertz CT molecular complexity index is 328. The third-order valence-corrected chi connectivity index (χ3v) is 2.68. The Labute approximate surface area is 96.5 Å². The smallest absolute Gasteiger partial charge is 0.131 e. The average molecular weight is 225 g/mol. The molecule has 16 heavy (non-hydrogen) atoms. The molecule has 1 rings (SSSR count). The minimum Gasteiger partial charge on any atom is -0.508 e. The minimum absolute atomic E-state index is 0.0162. The summed E-state index contributed by atoms with van der Waals surface area (Å²) in [5, 5.41) is 12.4. The van der Waals surface area contributed by atoms with Crippen LogP contribution >= 0.6 is 0 Å². The first-order valence-corrected chi connectivity index (χ1v) is 5.87. The first kappa shape index (κ1) is 13.0. The molecule has 0 amide bonds. The molecule has 1 aromatic rings. The first-order chi connectivity index (χ1) is 7.65. The van der Waals surface area contributed by atoms with Gasteiger partial charge in [0, 0.05) is 17.7 Å². The van der Waals surface area contributed by atoms with Crippen LogP contribution < -0.4 is 5.32 Å². The molecule has 2 nitrogen and oxygen atoms in total. The van der Waals surface area contributed by atoms with Crippen LogP contribution in [-0.4, -0.2) is 11.7 Å². The topological polar surface area (TPSA) is 32.3 Å². The quantitative estimate of drug-likeness (QED) is 0.727. The fourth-order valence-corrected chi connectivity index (χ4v) is 1.67. The molecular formula is C13H20FNO. The number of nitrogens with one attached hydrogen (secondary N) is 1. The predicted octanol–water partition coefficient (Wildman–Crippen LogP) is 3.37. The van der Waals surface area contributed by atoms with Crippen molar-refractivity contribution in [2.45, 2.75) is 39.2 Å². The maximum atomic E-state index is 13.5. The van der Waals surface area contributed by atoms with E-state index < -0.39 is 0 Å². The summed E-state index contributed by atoms with van der Waals surface area (Å²) < 4.78 is 13.5. The van der Waals surface area contributed by atoms with Crippen molar-refractivity contribution in [2.24, 2.45) is 0 Å². The Balaban J connectivity index is 2.49. The largest absolute Gasteiger partial charge is 0.508 e. The summed E-state index contributed by atoms with van der Waals surface area (Å²) in [4.78, 5) is 0. The van der Waals surface area contributed by atoms with Gasteiger partial charge in [0.05, 0.1) is 0 Å². The fourth-order valence-electron chi connectivity index (χ4n) is 1.67. The lowest BCUT2D eigenvalue weighted by Gasteiger charge is -2.15. The Morgan fingerprint density at radius 2 is 2.12 bits per heavy atom. The molecule has 2 N–H and O–H groups in total. The molecule has 0 saturated carbocycles. The van der Waals surface area contributed by atoms with Crippen molar-refractivity contribution in [1.82, 2.24) is 5.32 Å². The zero-order valence-electron chi connectivity index (χ0n) is 9.96. The lowest BCUT2D eigenvalue weighted by Crippen LogP contribution is -2.20. The van der Waals surface area contributed by atoms with E-state index in [1.807, 2.05) is 6.92 Å². The van der Waals surface area contributed by atoms with Crippen molar-refractivity contribution in [1.29, 1.82) is 0 Å². The zero-order valence-corrected chi connectivity index (χ0v) is 9.96. The number of phenolic OH excluding ortho intramolecular Hbond substituents is 1. The van der Waals surface area contributed by atoms with E-state index in [0.29, 0.717) is 5.56 Å². The van der Waals surface area contributed by atoms with Crippen molar-refractivity contribution in [3.8, 4) is 5.75 Å². The van der Waals surface area contributed by atoms with Gasteiger partial charge in [-0.3, -0.25) is 0 Å². The maximum absolute atomic E-state index is 13.5. The highest BCUT2D eigenvalue weighted by Gasteiger charge is 2.10. The van der Waals surface area contributed by atoms with Crippen LogP contribution in [0.25, 0.3) is 0 Å². The molecule has 1 atom stereocenters. The third kappa shape index (κ3) is 3.81. The Kier molecular flexibility index (Phi) is 5.26. The normalized spacial score (nSPS) is 12.7. The molecular weight excluding hydrogens is 205 g/mol. The number of unbranched alkanes of at least 4 members (excludes halogenated alkanes) is 2. The molecule has 0 aliphatic heterocycles. The summed E-state index contributed by atoms with van der Waals surface area (Å²) in [6.07, 6.45) is 3.49. The van der Waals surface area contributed by atoms with Gasteiger partial charge in [-0.1, -0.05) is 25.8 Å². The lowest BCUT2D eigenvalue weighted by atomic mass is 10.1. The van der Waals surface area contributed by atoms with Crippen LogP contribution in [0.1, 0.15) is 44.7 Å². The van der Waals surface area contributed by atoms with E-state index in [0.717, 1.165) is 19.0 Å². The molecule has 0 aromatic heterocycles. The molecule has 0 aliphatic carbocycles. The molecule has 0 heterocycles. The standard InChI is InChI=1S/C13H20FNO/c1-3-4-5-8-15-10(2)12-7-6-11(16)9-13(12)14/h6-7,9-10,15-16H,3-5,8H2,1-2H3. The Morgan fingerprint density at radius 3 is 2.75 bits per heavy atom. The second-order valence-electron chi connectivity index (χ2n) is 4.09. The average Bonchev–Trinajstić information content (AvgIpc) is 2.24. The molecule has 0 spiro atoms. The Morgan fingerprint density at radius 1 is 1.38 bits per heavy atom. The molecule has 0 radical (unpaired) electrons. The van der Waals surface area contributed by atoms with Crippen molar-refractivity contribution < 1.29 is 9.50 Å². The van der Waals surface area contributed by atoms with Gasteiger partial charge in [-0.2, -0.15) is 0 Å². The van der Waals surface area contributed by atoms with Crippen molar-refractivity contribution in [2.75, 3.05) is 6.54 Å². The van der Waals surface area contributed by atoms with Crippen LogP contribution in [0.4, 0.5) is 4.39 Å². The summed E-state index contributed by atoms with van der Waals surface area (Å²) in [6, 6.07) is 4.28. The van der Waals surface area contributed by atoms with Gasteiger partial charge in [-0.25, -0.2) is 4.39 Å². The third-order valence-electron chi connectivity index (χ3n) is 2.68. The summed E-state index contributed by atoms with van der Waals surface area (Å²) in [7, 11) is 0. The molecule has 3 heteroatoms. The second-order valence-corrected chi connectivity index (χ2v) is 4.09. The van der Waals surface area contributed by atoms with Crippen molar-refractivity contribution in [3.05, 3.63) is 29.6 Å². The number of halogens is 1. The molecule has 0 saturated heterocycles. The fraction of sp³-hybridized carbons (Fsp3) is 0.538. The monoisotopic (exact) mass is 225 g/mol. The highest BCUT2D eigenvalue weighted by molar-refractivity contribution is 5.29. The van der Waals surface area contributed by atoms with Gasteiger partial charge in [0.25, 0.3) is 0 Å². The zero-order chi connectivity index (χ0) is 12.0. The summed E-state index contributed by atoms with van der Waals surface area (Å²) >= 11 is 0. The van der Waals surface area contributed by atoms with E-state index in [1.54, 1.807) is 6.07 Å². The summed E-state index contributed by atoms with van der Waals surface area (Å²) in [6.45, 7) is 4.99. The highest BCUT2D eigenvalue weighted by atomic mass is 19.1. The lowest BCUT2D eigenvalue weighted by molar-refractivity contribution is 0.463. The van der Waals surface area contributed by atoms with Crippen molar-refractivity contribution >= 4 is 0 Å². The summed E-state index contributed by atoms with van der Waals surface area (Å²) in [5.41, 5.74) is 0.606. The maximum Gasteiger partial charge on any atom is 0.131 e.